The molecule has 0 spiro atoms. The van der Waals surface area contributed by atoms with Gasteiger partial charge in [0.1, 0.15) is 22.7 Å². The molecule has 0 amide bonds. The molecule has 0 aliphatic rings. The van der Waals surface area contributed by atoms with E-state index in [0.29, 0.717) is 17.2 Å². The Morgan fingerprint density at radius 1 is 1.12 bits per heavy atom. The maximum atomic E-state index is 13.0. The zero-order valence-corrected chi connectivity index (χ0v) is 13.0. The number of fused-ring (bicyclic) bond motifs is 3. The number of H-pyrrole nitrogens is 1. The summed E-state index contributed by atoms with van der Waals surface area (Å²) >= 11 is 1.57. The van der Waals surface area contributed by atoms with Crippen LogP contribution < -0.4 is 0 Å². The number of aromatic nitrogens is 6. The molecule has 6 nitrogen and oxygen atoms in total. The van der Waals surface area contributed by atoms with Gasteiger partial charge in [0, 0.05) is 5.56 Å². The predicted octanol–water partition coefficient (Wildman–Crippen LogP) is 3.54. The summed E-state index contributed by atoms with van der Waals surface area (Å²) in [5.41, 5.74) is 2.99. The van der Waals surface area contributed by atoms with Gasteiger partial charge in [-0.05, 0) is 41.8 Å². The van der Waals surface area contributed by atoms with Gasteiger partial charge in [-0.3, -0.25) is 5.10 Å². The van der Waals surface area contributed by atoms with Crippen molar-refractivity contribution in [2.24, 2.45) is 0 Å². The van der Waals surface area contributed by atoms with E-state index in [0.717, 1.165) is 21.4 Å². The number of nitrogens with zero attached hydrogens (tertiary/aromatic N) is 5. The van der Waals surface area contributed by atoms with Gasteiger partial charge in [-0.1, -0.05) is 0 Å². The molecule has 4 aromatic heterocycles. The number of nitrogens with one attached hydrogen (secondary N) is 1. The Kier molecular flexibility index (Phi) is 2.74. The number of aromatic amines is 1. The Labute approximate surface area is 138 Å². The Bertz CT molecular complexity index is 1170. The number of benzene rings is 1. The lowest BCUT2D eigenvalue weighted by Gasteiger charge is -1.94. The minimum Gasteiger partial charge on any atom is -0.274 e. The molecule has 1 aromatic carbocycles. The zero-order chi connectivity index (χ0) is 16.1. The second kappa shape index (κ2) is 4.93. The molecular weight excluding hydrogens is 327 g/mol. The quantitative estimate of drug-likeness (QED) is 0.535. The van der Waals surface area contributed by atoms with Crippen LogP contribution in [0.25, 0.3) is 38.6 Å². The molecule has 116 valence electrons. The van der Waals surface area contributed by atoms with Crippen LogP contribution in [0, 0.1) is 5.82 Å². The molecule has 24 heavy (non-hydrogen) atoms. The van der Waals surface area contributed by atoms with E-state index < -0.39 is 0 Å². The monoisotopic (exact) mass is 336 g/mol. The molecular formula is C16H9FN6S. The molecule has 0 saturated heterocycles. The van der Waals surface area contributed by atoms with E-state index in [2.05, 4.69) is 25.3 Å². The summed E-state index contributed by atoms with van der Waals surface area (Å²) in [5, 5.41) is 14.6. The number of rotatable bonds is 2. The number of thiophene rings is 1. The molecule has 1 N–H and O–H groups in total. The Hall–Kier alpha value is -3.13. The summed E-state index contributed by atoms with van der Waals surface area (Å²) in [4.78, 5) is 9.88. The average molecular weight is 336 g/mol. The third-order valence-electron chi connectivity index (χ3n) is 3.76. The summed E-state index contributed by atoms with van der Waals surface area (Å²) < 4.78 is 14.7. The van der Waals surface area contributed by atoms with Crippen LogP contribution in [-0.2, 0) is 0 Å². The van der Waals surface area contributed by atoms with Gasteiger partial charge in [0.25, 0.3) is 0 Å². The Balaban J connectivity index is 1.61. The first-order valence-corrected chi connectivity index (χ1v) is 8.06. The van der Waals surface area contributed by atoms with Crippen molar-refractivity contribution >= 4 is 27.2 Å². The highest BCUT2D eigenvalue weighted by molar-refractivity contribution is 7.16. The standard InChI is InChI=1S/C16H9FN6S/c17-10-3-1-9(2-4-10)12-7-13(21-20-12)14-19-15-11-5-6-24-16(11)18-8-23(15)22-14/h1-8H,(H,20,21). The number of halogens is 1. The van der Waals surface area contributed by atoms with E-state index in [1.165, 1.54) is 12.1 Å². The van der Waals surface area contributed by atoms with E-state index in [1.807, 2.05) is 17.5 Å². The third kappa shape index (κ3) is 2.00. The lowest BCUT2D eigenvalue weighted by Crippen LogP contribution is -1.88. The minimum atomic E-state index is -0.274. The normalized spacial score (nSPS) is 11.5. The van der Waals surface area contributed by atoms with Crippen molar-refractivity contribution < 1.29 is 4.39 Å². The molecule has 0 aliphatic heterocycles. The molecule has 0 aliphatic carbocycles. The van der Waals surface area contributed by atoms with E-state index in [-0.39, 0.29) is 5.82 Å². The molecule has 5 rings (SSSR count). The molecule has 0 atom stereocenters. The highest BCUT2D eigenvalue weighted by Gasteiger charge is 2.13. The van der Waals surface area contributed by atoms with Crippen LogP contribution in [0.2, 0.25) is 0 Å². The molecule has 0 bridgehead atoms. The number of hydrogen-bond acceptors (Lipinski definition) is 5. The fraction of sp³-hybridized carbons (Fsp3) is 0. The molecule has 0 radical (unpaired) electrons. The van der Waals surface area contributed by atoms with Crippen LogP contribution >= 0.6 is 11.3 Å². The SMILES string of the molecule is Fc1ccc(-c2cc(-c3nc4c5ccsc5ncn4n3)[nH]n2)cc1. The van der Waals surface area contributed by atoms with Crippen molar-refractivity contribution in [3.05, 3.63) is 53.9 Å². The second-order valence-corrected chi connectivity index (χ2v) is 6.16. The van der Waals surface area contributed by atoms with Crippen LogP contribution in [-0.4, -0.2) is 29.8 Å². The van der Waals surface area contributed by atoms with E-state index in [4.69, 9.17) is 0 Å². The predicted molar refractivity (Wildman–Crippen MR) is 89.1 cm³/mol. The zero-order valence-electron chi connectivity index (χ0n) is 12.1. The lowest BCUT2D eigenvalue weighted by atomic mass is 10.1. The maximum Gasteiger partial charge on any atom is 0.200 e. The molecule has 0 fully saturated rings. The van der Waals surface area contributed by atoms with Crippen molar-refractivity contribution in [3.63, 3.8) is 0 Å². The van der Waals surface area contributed by atoms with Crippen LogP contribution in [0.5, 0.6) is 0 Å². The van der Waals surface area contributed by atoms with Crippen LogP contribution in [0.1, 0.15) is 0 Å². The first-order chi connectivity index (χ1) is 11.8. The Morgan fingerprint density at radius 2 is 2.00 bits per heavy atom. The van der Waals surface area contributed by atoms with Gasteiger partial charge in [-0.25, -0.2) is 18.9 Å². The second-order valence-electron chi connectivity index (χ2n) is 5.26. The van der Waals surface area contributed by atoms with Gasteiger partial charge in [-0.2, -0.15) is 5.10 Å². The fourth-order valence-electron chi connectivity index (χ4n) is 2.58. The van der Waals surface area contributed by atoms with Crippen molar-refractivity contribution in [1.29, 1.82) is 0 Å². The molecule has 8 heteroatoms. The number of hydrogen-bond donors (Lipinski definition) is 1. The van der Waals surface area contributed by atoms with E-state index in [9.17, 15) is 4.39 Å². The molecule has 0 saturated carbocycles. The Morgan fingerprint density at radius 3 is 2.88 bits per heavy atom. The van der Waals surface area contributed by atoms with E-state index in [1.54, 1.807) is 34.3 Å². The summed E-state index contributed by atoms with van der Waals surface area (Å²) in [6.45, 7) is 0. The molecule has 5 aromatic rings. The van der Waals surface area contributed by atoms with Crippen LogP contribution in [0.4, 0.5) is 4.39 Å². The first kappa shape index (κ1) is 13.3. The highest BCUT2D eigenvalue weighted by atomic mass is 32.1. The van der Waals surface area contributed by atoms with Crippen molar-refractivity contribution in [1.82, 2.24) is 29.8 Å². The maximum absolute atomic E-state index is 13.0. The van der Waals surface area contributed by atoms with Gasteiger partial charge in [0.15, 0.2) is 11.5 Å². The fourth-order valence-corrected chi connectivity index (χ4v) is 3.31. The molecule has 4 heterocycles. The largest absolute Gasteiger partial charge is 0.274 e. The first-order valence-electron chi connectivity index (χ1n) is 7.18. The van der Waals surface area contributed by atoms with Crippen LogP contribution in [0.15, 0.2) is 48.1 Å². The summed E-state index contributed by atoms with van der Waals surface area (Å²) in [7, 11) is 0. The van der Waals surface area contributed by atoms with Crippen LogP contribution in [0.3, 0.4) is 0 Å². The van der Waals surface area contributed by atoms with Gasteiger partial charge in [-0.15, -0.1) is 16.4 Å². The topological polar surface area (TPSA) is 71.8 Å². The average Bonchev–Trinajstić information content (AvgIpc) is 3.32. The van der Waals surface area contributed by atoms with Crippen molar-refractivity contribution in [3.8, 4) is 22.8 Å². The highest BCUT2D eigenvalue weighted by Crippen LogP contribution is 2.25. The van der Waals surface area contributed by atoms with E-state index >= 15 is 0 Å². The van der Waals surface area contributed by atoms with Gasteiger partial charge >= 0.3 is 0 Å². The minimum absolute atomic E-state index is 0.274. The lowest BCUT2D eigenvalue weighted by molar-refractivity contribution is 0.628. The van der Waals surface area contributed by atoms with Gasteiger partial charge in [0.2, 0.25) is 0 Å². The third-order valence-corrected chi connectivity index (χ3v) is 4.58. The van der Waals surface area contributed by atoms with Gasteiger partial charge in [0.05, 0.1) is 11.1 Å². The van der Waals surface area contributed by atoms with Crippen molar-refractivity contribution in [2.45, 2.75) is 0 Å². The van der Waals surface area contributed by atoms with Crippen molar-refractivity contribution in [2.75, 3.05) is 0 Å². The molecule has 0 unspecified atom stereocenters. The summed E-state index contributed by atoms with van der Waals surface area (Å²) in [6.07, 6.45) is 1.65. The smallest absolute Gasteiger partial charge is 0.200 e. The van der Waals surface area contributed by atoms with Gasteiger partial charge < -0.3 is 0 Å². The summed E-state index contributed by atoms with van der Waals surface area (Å²) in [6, 6.07) is 10.0. The summed E-state index contributed by atoms with van der Waals surface area (Å²) in [5.74, 6) is 0.264.